The van der Waals surface area contributed by atoms with Gasteiger partial charge in [0, 0.05) is 17.4 Å². The van der Waals surface area contributed by atoms with E-state index in [4.69, 9.17) is 18.9 Å². The average molecular weight is 413 g/mol. The van der Waals surface area contributed by atoms with E-state index >= 15 is 0 Å². The minimum atomic E-state index is -0.267. The van der Waals surface area contributed by atoms with Crippen molar-refractivity contribution in [3.63, 3.8) is 0 Å². The molecule has 0 bridgehead atoms. The normalized spacial score (nSPS) is 10.4. The maximum Gasteiger partial charge on any atom is 0.306 e. The monoisotopic (exact) mass is 413 g/mol. The summed E-state index contributed by atoms with van der Waals surface area (Å²) in [6, 6.07) is 13.3. The van der Waals surface area contributed by atoms with Gasteiger partial charge in [0.05, 0.1) is 27.0 Å². The molecule has 1 aromatic heterocycles. The van der Waals surface area contributed by atoms with E-state index in [9.17, 15) is 4.79 Å². The molecule has 3 rings (SSSR count). The number of hydrogen-bond donors (Lipinski definition) is 0. The summed E-state index contributed by atoms with van der Waals surface area (Å²) in [5, 5.41) is 2.71. The molecule has 0 aliphatic carbocycles. The quantitative estimate of drug-likeness (QED) is 0.481. The van der Waals surface area contributed by atoms with Gasteiger partial charge < -0.3 is 18.9 Å². The highest BCUT2D eigenvalue weighted by atomic mass is 32.1. The van der Waals surface area contributed by atoms with Gasteiger partial charge in [-0.05, 0) is 36.2 Å². The fourth-order valence-electron chi connectivity index (χ4n) is 2.85. The Hall–Kier alpha value is -3.06. The predicted molar refractivity (Wildman–Crippen MR) is 112 cm³/mol. The molecule has 2 aromatic carbocycles. The van der Waals surface area contributed by atoms with Gasteiger partial charge in [-0.25, -0.2) is 4.98 Å². The van der Waals surface area contributed by atoms with Crippen molar-refractivity contribution in [2.45, 2.75) is 19.4 Å². The lowest BCUT2D eigenvalue weighted by Crippen LogP contribution is -2.06. The van der Waals surface area contributed by atoms with Crippen LogP contribution in [0.1, 0.15) is 17.7 Å². The first-order valence-electron chi connectivity index (χ1n) is 9.09. The molecule has 152 valence electrons. The summed E-state index contributed by atoms with van der Waals surface area (Å²) in [5.41, 5.74) is 2.61. The van der Waals surface area contributed by atoms with Crippen LogP contribution in [0.2, 0.25) is 0 Å². The van der Waals surface area contributed by atoms with E-state index in [0.717, 1.165) is 21.9 Å². The van der Waals surface area contributed by atoms with Crippen molar-refractivity contribution < 1.29 is 23.7 Å². The number of rotatable bonds is 9. The third-order valence-electron chi connectivity index (χ3n) is 4.35. The second-order valence-electron chi connectivity index (χ2n) is 6.19. The van der Waals surface area contributed by atoms with Crippen molar-refractivity contribution >= 4 is 17.3 Å². The Balaban J connectivity index is 1.56. The van der Waals surface area contributed by atoms with Crippen LogP contribution >= 0.6 is 11.3 Å². The van der Waals surface area contributed by atoms with Gasteiger partial charge in [0.1, 0.15) is 17.4 Å². The second kappa shape index (κ2) is 9.93. The third kappa shape index (κ3) is 5.26. The number of nitrogens with zero attached hydrogens (tertiary/aromatic N) is 1. The highest BCUT2D eigenvalue weighted by Gasteiger charge is 2.12. The van der Waals surface area contributed by atoms with E-state index in [2.05, 4.69) is 4.98 Å². The number of esters is 1. The van der Waals surface area contributed by atoms with Crippen LogP contribution in [0.25, 0.3) is 10.6 Å². The molecular weight excluding hydrogens is 390 g/mol. The molecule has 3 aromatic rings. The third-order valence-corrected chi connectivity index (χ3v) is 5.29. The molecule has 0 spiro atoms. The van der Waals surface area contributed by atoms with Crippen molar-refractivity contribution in [1.82, 2.24) is 4.98 Å². The number of methoxy groups -OCH3 is 3. The molecule has 6 nitrogen and oxygen atoms in total. The van der Waals surface area contributed by atoms with Crippen molar-refractivity contribution in [2.24, 2.45) is 0 Å². The minimum absolute atomic E-state index is 0.147. The second-order valence-corrected chi connectivity index (χ2v) is 7.04. The molecule has 0 unspecified atom stereocenters. The molecule has 0 aliphatic heterocycles. The summed E-state index contributed by atoms with van der Waals surface area (Å²) in [7, 11) is 4.82. The summed E-state index contributed by atoms with van der Waals surface area (Å²) in [4.78, 5) is 16.7. The topological polar surface area (TPSA) is 66.9 Å². The van der Waals surface area contributed by atoms with Crippen LogP contribution < -0.4 is 14.2 Å². The Kier molecular flexibility index (Phi) is 7.08. The number of carbonyl (C=O) groups is 1. The van der Waals surface area contributed by atoms with Crippen LogP contribution in [-0.2, 0) is 22.6 Å². The van der Waals surface area contributed by atoms with Gasteiger partial charge in [0.15, 0.2) is 11.5 Å². The van der Waals surface area contributed by atoms with Crippen LogP contribution in [-0.4, -0.2) is 32.3 Å². The van der Waals surface area contributed by atoms with E-state index in [-0.39, 0.29) is 19.0 Å². The molecule has 0 N–H and O–H groups in total. The number of hydrogen-bond acceptors (Lipinski definition) is 7. The van der Waals surface area contributed by atoms with E-state index in [1.807, 2.05) is 47.8 Å². The first-order chi connectivity index (χ1) is 14.1. The van der Waals surface area contributed by atoms with Crippen molar-refractivity contribution in [2.75, 3.05) is 21.3 Å². The molecule has 0 aliphatic rings. The zero-order valence-electron chi connectivity index (χ0n) is 16.6. The van der Waals surface area contributed by atoms with Crippen LogP contribution in [0.4, 0.5) is 0 Å². The molecule has 0 atom stereocenters. The predicted octanol–water partition coefficient (Wildman–Crippen LogP) is 4.51. The average Bonchev–Trinajstić information content (AvgIpc) is 3.25. The number of para-hydroxylation sites is 1. The van der Waals surface area contributed by atoms with Gasteiger partial charge in [0.25, 0.3) is 0 Å². The van der Waals surface area contributed by atoms with Gasteiger partial charge >= 0.3 is 5.97 Å². The molecule has 0 saturated carbocycles. The maximum atomic E-state index is 12.1. The molecule has 0 radical (unpaired) electrons. The summed E-state index contributed by atoms with van der Waals surface area (Å²) in [5.74, 6) is 1.82. The molecule has 0 fully saturated rings. The number of carbonyl (C=O) groups excluding carboxylic acids is 1. The SMILES string of the molecule is COc1ccccc1CCC(=O)OCc1csc(-c2ccc(OC)c(OC)c2)n1. The molecule has 1 heterocycles. The Morgan fingerprint density at radius 2 is 1.72 bits per heavy atom. The summed E-state index contributed by atoms with van der Waals surface area (Å²) < 4.78 is 21.3. The first-order valence-corrected chi connectivity index (χ1v) is 9.97. The minimum Gasteiger partial charge on any atom is -0.496 e. The Bertz CT molecular complexity index is 969. The van der Waals surface area contributed by atoms with E-state index < -0.39 is 0 Å². The number of aryl methyl sites for hydroxylation is 1. The van der Waals surface area contributed by atoms with Crippen molar-refractivity contribution in [3.8, 4) is 27.8 Å². The lowest BCUT2D eigenvalue weighted by molar-refractivity contribution is -0.145. The van der Waals surface area contributed by atoms with Gasteiger partial charge in [0.2, 0.25) is 0 Å². The van der Waals surface area contributed by atoms with Crippen LogP contribution in [0, 0.1) is 0 Å². The zero-order chi connectivity index (χ0) is 20.6. The number of thiazole rings is 1. The number of ether oxygens (including phenoxy) is 4. The zero-order valence-corrected chi connectivity index (χ0v) is 17.5. The Labute approximate surface area is 174 Å². The Morgan fingerprint density at radius 1 is 0.966 bits per heavy atom. The van der Waals surface area contributed by atoms with Gasteiger partial charge in [-0.3, -0.25) is 4.79 Å². The van der Waals surface area contributed by atoms with Gasteiger partial charge in [-0.1, -0.05) is 18.2 Å². The van der Waals surface area contributed by atoms with Gasteiger partial charge in [-0.2, -0.15) is 0 Å². The van der Waals surface area contributed by atoms with Crippen LogP contribution in [0.3, 0.4) is 0 Å². The fourth-order valence-corrected chi connectivity index (χ4v) is 3.65. The molecule has 0 saturated heterocycles. The molecule has 7 heteroatoms. The summed E-state index contributed by atoms with van der Waals surface area (Å²) >= 11 is 1.49. The Morgan fingerprint density at radius 3 is 2.48 bits per heavy atom. The van der Waals surface area contributed by atoms with Crippen molar-refractivity contribution in [3.05, 3.63) is 59.1 Å². The highest BCUT2D eigenvalue weighted by Crippen LogP contribution is 2.33. The lowest BCUT2D eigenvalue weighted by atomic mass is 10.1. The maximum absolute atomic E-state index is 12.1. The molecule has 0 amide bonds. The smallest absolute Gasteiger partial charge is 0.306 e. The first kappa shape index (κ1) is 20.7. The molecular formula is C22H23NO5S. The fraction of sp³-hybridized carbons (Fsp3) is 0.273. The number of benzene rings is 2. The molecule has 29 heavy (non-hydrogen) atoms. The van der Waals surface area contributed by atoms with Gasteiger partial charge in [-0.15, -0.1) is 11.3 Å². The highest BCUT2D eigenvalue weighted by molar-refractivity contribution is 7.13. The lowest BCUT2D eigenvalue weighted by Gasteiger charge is -2.08. The standard InChI is InChI=1S/C22H23NO5S/c1-25-18-7-5-4-6-15(18)9-11-21(24)28-13-17-14-29-22(23-17)16-8-10-19(26-2)20(12-16)27-3/h4-8,10,12,14H,9,11,13H2,1-3H3. The largest absolute Gasteiger partial charge is 0.496 e. The summed E-state index contributed by atoms with van der Waals surface area (Å²) in [6.07, 6.45) is 0.851. The van der Waals surface area contributed by atoms with E-state index in [1.165, 1.54) is 11.3 Å². The number of aromatic nitrogens is 1. The van der Waals surface area contributed by atoms with E-state index in [0.29, 0.717) is 23.6 Å². The van der Waals surface area contributed by atoms with Crippen molar-refractivity contribution in [1.29, 1.82) is 0 Å². The van der Waals surface area contributed by atoms with Crippen LogP contribution in [0.5, 0.6) is 17.2 Å². The van der Waals surface area contributed by atoms with Crippen LogP contribution in [0.15, 0.2) is 47.8 Å². The van der Waals surface area contributed by atoms with E-state index in [1.54, 1.807) is 21.3 Å². The summed E-state index contributed by atoms with van der Waals surface area (Å²) in [6.45, 7) is 0.147.